The Balaban J connectivity index is 2.21. The largest absolute Gasteiger partial charge is 0.497 e. The molecule has 1 N–H and O–H groups in total. The second-order valence-corrected chi connectivity index (χ2v) is 4.86. The summed E-state index contributed by atoms with van der Waals surface area (Å²) in [5.41, 5.74) is 1.32. The highest BCUT2D eigenvalue weighted by Crippen LogP contribution is 2.17. The predicted molar refractivity (Wildman–Crippen MR) is 78.2 cm³/mol. The molecular formula is C16H27NO. The van der Waals surface area contributed by atoms with Crippen molar-refractivity contribution >= 4 is 0 Å². The zero-order valence-corrected chi connectivity index (χ0v) is 12.0. The van der Waals surface area contributed by atoms with Gasteiger partial charge >= 0.3 is 0 Å². The van der Waals surface area contributed by atoms with Gasteiger partial charge in [-0.2, -0.15) is 0 Å². The monoisotopic (exact) mass is 249 g/mol. The topological polar surface area (TPSA) is 21.3 Å². The Morgan fingerprint density at radius 1 is 1.06 bits per heavy atom. The van der Waals surface area contributed by atoms with Gasteiger partial charge in [0, 0.05) is 6.04 Å². The van der Waals surface area contributed by atoms with E-state index in [1.54, 1.807) is 7.11 Å². The van der Waals surface area contributed by atoms with Gasteiger partial charge in [-0.1, -0.05) is 44.7 Å². The molecule has 0 aliphatic heterocycles. The van der Waals surface area contributed by atoms with Crippen molar-refractivity contribution in [2.75, 3.05) is 13.7 Å². The highest BCUT2D eigenvalue weighted by atomic mass is 16.5. The lowest BCUT2D eigenvalue weighted by Gasteiger charge is -2.14. The number of rotatable bonds is 9. The molecule has 0 bridgehead atoms. The van der Waals surface area contributed by atoms with Gasteiger partial charge in [-0.05, 0) is 37.6 Å². The van der Waals surface area contributed by atoms with Gasteiger partial charge in [0.05, 0.1) is 7.11 Å². The molecule has 0 spiro atoms. The van der Waals surface area contributed by atoms with Crippen molar-refractivity contribution in [1.82, 2.24) is 5.32 Å². The van der Waals surface area contributed by atoms with Crippen molar-refractivity contribution in [3.05, 3.63) is 29.8 Å². The van der Waals surface area contributed by atoms with Gasteiger partial charge in [-0.15, -0.1) is 0 Å². The number of unbranched alkanes of at least 4 members (excludes halogenated alkanes) is 4. The lowest BCUT2D eigenvalue weighted by Crippen LogP contribution is -2.19. The average Bonchev–Trinajstić information content (AvgIpc) is 2.42. The highest BCUT2D eigenvalue weighted by molar-refractivity contribution is 5.28. The molecule has 1 atom stereocenters. The number of hydrogen-bond acceptors (Lipinski definition) is 2. The van der Waals surface area contributed by atoms with Crippen LogP contribution in [-0.2, 0) is 0 Å². The summed E-state index contributed by atoms with van der Waals surface area (Å²) >= 11 is 0. The van der Waals surface area contributed by atoms with Crippen LogP contribution in [0.3, 0.4) is 0 Å². The van der Waals surface area contributed by atoms with E-state index in [1.807, 2.05) is 12.1 Å². The molecule has 0 radical (unpaired) electrons. The van der Waals surface area contributed by atoms with Crippen molar-refractivity contribution in [1.29, 1.82) is 0 Å². The minimum absolute atomic E-state index is 0.419. The lowest BCUT2D eigenvalue weighted by atomic mass is 10.1. The van der Waals surface area contributed by atoms with Crippen LogP contribution in [-0.4, -0.2) is 13.7 Å². The van der Waals surface area contributed by atoms with Crippen molar-refractivity contribution in [2.45, 2.75) is 52.0 Å². The molecule has 1 aromatic carbocycles. The van der Waals surface area contributed by atoms with Gasteiger partial charge in [0.25, 0.3) is 0 Å². The van der Waals surface area contributed by atoms with E-state index in [4.69, 9.17) is 4.74 Å². The molecule has 0 saturated carbocycles. The van der Waals surface area contributed by atoms with E-state index in [1.165, 1.54) is 37.7 Å². The Kier molecular flexibility index (Phi) is 7.51. The van der Waals surface area contributed by atoms with E-state index in [0.717, 1.165) is 12.3 Å². The quantitative estimate of drug-likeness (QED) is 0.658. The van der Waals surface area contributed by atoms with Crippen LogP contribution in [0.5, 0.6) is 5.75 Å². The van der Waals surface area contributed by atoms with Gasteiger partial charge < -0.3 is 10.1 Å². The second kappa shape index (κ2) is 8.98. The van der Waals surface area contributed by atoms with Gasteiger partial charge in [0.15, 0.2) is 0 Å². The van der Waals surface area contributed by atoms with Crippen LogP contribution in [0, 0.1) is 0 Å². The van der Waals surface area contributed by atoms with Crippen LogP contribution in [0.4, 0.5) is 0 Å². The summed E-state index contributed by atoms with van der Waals surface area (Å²) in [6.45, 7) is 5.58. The molecule has 0 aromatic heterocycles. The Hall–Kier alpha value is -1.02. The smallest absolute Gasteiger partial charge is 0.118 e. The number of benzene rings is 1. The summed E-state index contributed by atoms with van der Waals surface area (Å²) in [5, 5.41) is 3.57. The van der Waals surface area contributed by atoms with Crippen LogP contribution in [0.1, 0.15) is 57.6 Å². The summed E-state index contributed by atoms with van der Waals surface area (Å²) in [6, 6.07) is 8.73. The summed E-state index contributed by atoms with van der Waals surface area (Å²) < 4.78 is 5.16. The van der Waals surface area contributed by atoms with Crippen LogP contribution >= 0.6 is 0 Å². The molecule has 2 nitrogen and oxygen atoms in total. The minimum atomic E-state index is 0.419. The Morgan fingerprint density at radius 2 is 1.72 bits per heavy atom. The van der Waals surface area contributed by atoms with Crippen molar-refractivity contribution < 1.29 is 4.74 Å². The van der Waals surface area contributed by atoms with E-state index in [-0.39, 0.29) is 0 Å². The fourth-order valence-electron chi connectivity index (χ4n) is 2.06. The maximum absolute atomic E-state index is 5.16. The first-order valence-electron chi connectivity index (χ1n) is 7.15. The molecule has 0 aliphatic rings. The zero-order chi connectivity index (χ0) is 13.2. The Bertz CT molecular complexity index is 307. The number of methoxy groups -OCH3 is 1. The zero-order valence-electron chi connectivity index (χ0n) is 12.0. The fraction of sp³-hybridized carbons (Fsp3) is 0.625. The van der Waals surface area contributed by atoms with Gasteiger partial charge in [0.2, 0.25) is 0 Å². The predicted octanol–water partition coefficient (Wildman–Crippen LogP) is 4.32. The van der Waals surface area contributed by atoms with E-state index < -0.39 is 0 Å². The molecule has 18 heavy (non-hydrogen) atoms. The molecular weight excluding hydrogens is 222 g/mol. The Labute approximate surface area is 112 Å². The summed E-state index contributed by atoms with van der Waals surface area (Å²) in [6.07, 6.45) is 6.68. The third kappa shape index (κ3) is 5.54. The number of nitrogens with one attached hydrogen (secondary N) is 1. The lowest BCUT2D eigenvalue weighted by molar-refractivity contribution is 0.414. The van der Waals surface area contributed by atoms with Crippen LogP contribution in [0.25, 0.3) is 0 Å². The average molecular weight is 249 g/mol. The van der Waals surface area contributed by atoms with E-state index in [2.05, 4.69) is 31.3 Å². The van der Waals surface area contributed by atoms with Crippen molar-refractivity contribution in [3.63, 3.8) is 0 Å². The molecule has 0 amide bonds. The SMILES string of the molecule is CCCCCCCN[C@@H](C)c1ccc(OC)cc1. The van der Waals surface area contributed by atoms with E-state index >= 15 is 0 Å². The van der Waals surface area contributed by atoms with E-state index in [9.17, 15) is 0 Å². The van der Waals surface area contributed by atoms with Crippen LogP contribution in [0.15, 0.2) is 24.3 Å². The third-order valence-electron chi connectivity index (χ3n) is 3.35. The fourth-order valence-corrected chi connectivity index (χ4v) is 2.06. The Morgan fingerprint density at radius 3 is 2.33 bits per heavy atom. The molecule has 0 fully saturated rings. The summed E-state index contributed by atoms with van der Waals surface area (Å²) in [4.78, 5) is 0. The first kappa shape index (κ1) is 15.0. The summed E-state index contributed by atoms with van der Waals surface area (Å²) in [5.74, 6) is 0.922. The maximum Gasteiger partial charge on any atom is 0.118 e. The second-order valence-electron chi connectivity index (χ2n) is 4.86. The maximum atomic E-state index is 5.16. The molecule has 2 heteroatoms. The van der Waals surface area contributed by atoms with Crippen molar-refractivity contribution in [2.24, 2.45) is 0 Å². The first-order valence-corrected chi connectivity index (χ1v) is 7.15. The standard InChI is InChI=1S/C16H27NO/c1-4-5-6-7-8-13-17-14(2)15-9-11-16(18-3)12-10-15/h9-12,14,17H,4-8,13H2,1-3H3/t14-/m0/s1. The van der Waals surface area contributed by atoms with Crippen molar-refractivity contribution in [3.8, 4) is 5.75 Å². The number of hydrogen-bond donors (Lipinski definition) is 1. The molecule has 0 unspecified atom stereocenters. The molecule has 1 rings (SSSR count). The number of ether oxygens (including phenoxy) is 1. The molecule has 102 valence electrons. The minimum Gasteiger partial charge on any atom is -0.497 e. The molecule has 0 saturated heterocycles. The van der Waals surface area contributed by atoms with E-state index in [0.29, 0.717) is 6.04 Å². The normalized spacial score (nSPS) is 12.4. The highest BCUT2D eigenvalue weighted by Gasteiger charge is 2.03. The van der Waals surface area contributed by atoms with Crippen LogP contribution in [0.2, 0.25) is 0 Å². The van der Waals surface area contributed by atoms with Gasteiger partial charge in [0.1, 0.15) is 5.75 Å². The summed E-state index contributed by atoms with van der Waals surface area (Å²) in [7, 11) is 1.70. The molecule has 0 aliphatic carbocycles. The first-order chi connectivity index (χ1) is 8.77. The van der Waals surface area contributed by atoms with Gasteiger partial charge in [-0.3, -0.25) is 0 Å². The third-order valence-corrected chi connectivity index (χ3v) is 3.35. The molecule has 1 aromatic rings. The van der Waals surface area contributed by atoms with Crippen LogP contribution < -0.4 is 10.1 Å². The molecule has 0 heterocycles. The van der Waals surface area contributed by atoms with Gasteiger partial charge in [-0.25, -0.2) is 0 Å².